The Balaban J connectivity index is 0.00000196. The van der Waals surface area contributed by atoms with Crippen LogP contribution in [0.3, 0.4) is 0 Å². The molecule has 26 heavy (non-hydrogen) atoms. The Bertz CT molecular complexity index is 958. The summed E-state index contributed by atoms with van der Waals surface area (Å²) in [5, 5.41) is 4.48. The van der Waals surface area contributed by atoms with E-state index in [1.54, 1.807) is 18.2 Å². The molecule has 4 rings (SSSR count). The van der Waals surface area contributed by atoms with Gasteiger partial charge in [-0.2, -0.15) is 0 Å². The molecule has 1 aromatic carbocycles. The van der Waals surface area contributed by atoms with Crippen molar-refractivity contribution in [2.75, 3.05) is 19.0 Å². The summed E-state index contributed by atoms with van der Waals surface area (Å²) in [6, 6.07) is 9.10. The van der Waals surface area contributed by atoms with Crippen LogP contribution in [0.1, 0.15) is 11.3 Å². The summed E-state index contributed by atoms with van der Waals surface area (Å²) in [5.74, 6) is 0.636. The van der Waals surface area contributed by atoms with Crippen molar-refractivity contribution < 1.29 is 9.53 Å². The number of ether oxygens (including phenoxy) is 1. The van der Waals surface area contributed by atoms with Crippen LogP contribution in [0.5, 0.6) is 5.75 Å². The molecule has 8 heteroatoms. The fraction of sp³-hybridized carbons (Fsp3) is 0.222. The topological polar surface area (TPSA) is 70.2 Å². The Morgan fingerprint density at radius 3 is 3.00 bits per heavy atom. The van der Waals surface area contributed by atoms with Crippen LogP contribution < -0.4 is 10.1 Å². The second-order valence-electron chi connectivity index (χ2n) is 5.93. The van der Waals surface area contributed by atoms with Crippen LogP contribution in [0.15, 0.2) is 36.5 Å². The van der Waals surface area contributed by atoms with Crippen LogP contribution >= 0.6 is 24.0 Å². The summed E-state index contributed by atoms with van der Waals surface area (Å²) in [5.41, 5.74) is 3.66. The quantitative estimate of drug-likeness (QED) is 0.684. The van der Waals surface area contributed by atoms with Crippen molar-refractivity contribution in [3.8, 4) is 5.75 Å². The summed E-state index contributed by atoms with van der Waals surface area (Å²) in [4.78, 5) is 22.1. The number of fused-ring (bicyclic) bond motifs is 3. The zero-order valence-electron chi connectivity index (χ0n) is 14.1. The van der Waals surface area contributed by atoms with Gasteiger partial charge in [0, 0.05) is 42.4 Å². The lowest BCUT2D eigenvalue weighted by molar-refractivity contribution is 0.206. The first-order chi connectivity index (χ1) is 12.2. The number of rotatable bonds is 2. The predicted molar refractivity (Wildman–Crippen MR) is 104 cm³/mol. The standard InChI is InChI=1S/C18H17ClN4O2.ClH/c1-25-16-5-3-2-4-15(16)22-18(24)23-7-6-14-13(10-23)12-8-11(19)9-20-17(12)21-14;/h2-5,8-9H,6-7,10H2,1H3,(H,20,21)(H,22,24);1H. The van der Waals surface area contributed by atoms with Crippen LogP contribution in [-0.2, 0) is 13.0 Å². The molecule has 2 aromatic heterocycles. The normalized spacial score (nSPS) is 13.1. The minimum absolute atomic E-state index is 0. The van der Waals surface area contributed by atoms with Gasteiger partial charge in [0.2, 0.25) is 0 Å². The molecule has 0 radical (unpaired) electrons. The molecule has 0 unspecified atom stereocenters. The number of aromatic amines is 1. The Morgan fingerprint density at radius 1 is 1.38 bits per heavy atom. The number of urea groups is 1. The molecule has 0 saturated heterocycles. The lowest BCUT2D eigenvalue weighted by Gasteiger charge is -2.27. The van der Waals surface area contributed by atoms with E-state index >= 15 is 0 Å². The molecule has 6 nitrogen and oxygen atoms in total. The lowest BCUT2D eigenvalue weighted by Crippen LogP contribution is -2.38. The number of anilines is 1. The number of carbonyl (C=O) groups excluding carboxylic acids is 1. The van der Waals surface area contributed by atoms with Crippen LogP contribution in [0, 0.1) is 0 Å². The van der Waals surface area contributed by atoms with Gasteiger partial charge in [-0.3, -0.25) is 0 Å². The zero-order chi connectivity index (χ0) is 17.4. The number of H-pyrrole nitrogens is 1. The maximum absolute atomic E-state index is 12.7. The van der Waals surface area contributed by atoms with Crippen molar-refractivity contribution in [3.63, 3.8) is 0 Å². The third-order valence-corrected chi connectivity index (χ3v) is 4.64. The smallest absolute Gasteiger partial charge is 0.322 e. The number of nitrogens with zero attached hydrogens (tertiary/aromatic N) is 2. The number of nitrogens with one attached hydrogen (secondary N) is 2. The molecular weight excluding hydrogens is 375 g/mol. The highest BCUT2D eigenvalue weighted by Crippen LogP contribution is 2.29. The average Bonchev–Trinajstić information content (AvgIpc) is 2.99. The second-order valence-corrected chi connectivity index (χ2v) is 6.37. The van der Waals surface area contributed by atoms with Gasteiger partial charge in [-0.15, -0.1) is 12.4 Å². The Kier molecular flexibility index (Phi) is 5.25. The number of methoxy groups -OCH3 is 1. The van der Waals surface area contributed by atoms with Crippen molar-refractivity contribution in [2.45, 2.75) is 13.0 Å². The molecule has 136 valence electrons. The molecule has 0 spiro atoms. The zero-order valence-corrected chi connectivity index (χ0v) is 15.7. The third kappa shape index (κ3) is 3.30. The largest absolute Gasteiger partial charge is 0.495 e. The summed E-state index contributed by atoms with van der Waals surface area (Å²) in [7, 11) is 1.58. The Labute approximate surface area is 161 Å². The highest BCUT2D eigenvalue weighted by Gasteiger charge is 2.25. The van der Waals surface area contributed by atoms with Gasteiger partial charge in [0.1, 0.15) is 11.4 Å². The van der Waals surface area contributed by atoms with E-state index in [0.29, 0.717) is 29.5 Å². The van der Waals surface area contributed by atoms with E-state index in [2.05, 4.69) is 15.3 Å². The number of hydrogen-bond acceptors (Lipinski definition) is 3. The first-order valence-corrected chi connectivity index (χ1v) is 8.37. The summed E-state index contributed by atoms with van der Waals surface area (Å²) in [6.45, 7) is 1.15. The first kappa shape index (κ1) is 18.4. The van der Waals surface area contributed by atoms with Crippen molar-refractivity contribution in [3.05, 3.63) is 52.8 Å². The SMILES string of the molecule is COc1ccccc1NC(=O)N1CCc2[nH]c3ncc(Cl)cc3c2C1.Cl. The predicted octanol–water partition coefficient (Wildman–Crippen LogP) is 4.24. The first-order valence-electron chi connectivity index (χ1n) is 7.99. The van der Waals surface area contributed by atoms with Gasteiger partial charge in [-0.1, -0.05) is 23.7 Å². The van der Waals surface area contributed by atoms with Gasteiger partial charge in [0.15, 0.2) is 0 Å². The van der Waals surface area contributed by atoms with Gasteiger partial charge < -0.3 is 19.9 Å². The van der Waals surface area contributed by atoms with Gasteiger partial charge in [-0.05, 0) is 18.2 Å². The summed E-state index contributed by atoms with van der Waals surface area (Å²) >= 11 is 6.07. The number of pyridine rings is 1. The second kappa shape index (κ2) is 7.43. The fourth-order valence-corrected chi connectivity index (χ4v) is 3.33. The highest BCUT2D eigenvalue weighted by atomic mass is 35.5. The molecule has 0 aliphatic carbocycles. The van der Waals surface area contributed by atoms with Crippen LogP contribution in [0.2, 0.25) is 5.02 Å². The Hall–Kier alpha value is -2.44. The van der Waals surface area contributed by atoms with Crippen molar-refractivity contribution >= 4 is 46.8 Å². The Morgan fingerprint density at radius 2 is 2.19 bits per heavy atom. The van der Waals surface area contributed by atoms with Crippen LogP contribution in [0.4, 0.5) is 10.5 Å². The van der Waals surface area contributed by atoms with E-state index in [1.807, 2.05) is 30.3 Å². The molecule has 2 N–H and O–H groups in total. The number of aromatic nitrogens is 2. The highest BCUT2D eigenvalue weighted by molar-refractivity contribution is 6.31. The van der Waals surface area contributed by atoms with E-state index in [-0.39, 0.29) is 18.4 Å². The maximum atomic E-state index is 12.7. The summed E-state index contributed by atoms with van der Waals surface area (Å²) in [6.07, 6.45) is 2.38. The third-order valence-electron chi connectivity index (χ3n) is 4.43. The number of para-hydroxylation sites is 2. The minimum Gasteiger partial charge on any atom is -0.495 e. The monoisotopic (exact) mass is 392 g/mol. The number of carbonyl (C=O) groups is 1. The van der Waals surface area contributed by atoms with E-state index in [4.69, 9.17) is 16.3 Å². The van der Waals surface area contributed by atoms with E-state index in [1.165, 1.54) is 0 Å². The van der Waals surface area contributed by atoms with Crippen LogP contribution in [-0.4, -0.2) is 34.6 Å². The van der Waals surface area contributed by atoms with Crippen molar-refractivity contribution in [2.24, 2.45) is 0 Å². The van der Waals surface area contributed by atoms with Gasteiger partial charge in [-0.25, -0.2) is 9.78 Å². The van der Waals surface area contributed by atoms with E-state index in [0.717, 1.165) is 28.7 Å². The molecule has 0 fully saturated rings. The molecule has 0 bridgehead atoms. The molecule has 1 aliphatic heterocycles. The maximum Gasteiger partial charge on any atom is 0.322 e. The van der Waals surface area contributed by atoms with Gasteiger partial charge in [0.05, 0.1) is 17.8 Å². The van der Waals surface area contributed by atoms with Crippen molar-refractivity contribution in [1.82, 2.24) is 14.9 Å². The molecule has 3 aromatic rings. The lowest BCUT2D eigenvalue weighted by atomic mass is 10.1. The van der Waals surface area contributed by atoms with Crippen LogP contribution in [0.25, 0.3) is 11.0 Å². The van der Waals surface area contributed by atoms with Gasteiger partial charge in [0.25, 0.3) is 0 Å². The molecule has 3 heterocycles. The van der Waals surface area contributed by atoms with E-state index in [9.17, 15) is 4.79 Å². The van der Waals surface area contributed by atoms with Crippen molar-refractivity contribution in [1.29, 1.82) is 0 Å². The van der Waals surface area contributed by atoms with E-state index < -0.39 is 0 Å². The van der Waals surface area contributed by atoms with Gasteiger partial charge >= 0.3 is 6.03 Å². The molecule has 1 aliphatic rings. The number of benzene rings is 1. The molecular formula is C18H18Cl2N4O2. The fourth-order valence-electron chi connectivity index (χ4n) is 3.18. The molecule has 0 atom stereocenters. The average molecular weight is 393 g/mol. The minimum atomic E-state index is -0.153. The number of hydrogen-bond donors (Lipinski definition) is 2. The molecule has 0 saturated carbocycles. The molecule has 2 amide bonds. The number of amides is 2. The number of halogens is 2. The summed E-state index contributed by atoms with van der Waals surface area (Å²) < 4.78 is 5.29.